The molecule has 1 aliphatic heterocycles. The average Bonchev–Trinajstić information content (AvgIpc) is 3.01. The summed E-state index contributed by atoms with van der Waals surface area (Å²) in [6, 6.07) is 9.24. The molecule has 0 atom stereocenters. The topological polar surface area (TPSA) is 99.8 Å². The molecule has 26 heavy (non-hydrogen) atoms. The second kappa shape index (κ2) is 7.07. The summed E-state index contributed by atoms with van der Waals surface area (Å²) in [7, 11) is 0. The van der Waals surface area contributed by atoms with Crippen LogP contribution in [-0.4, -0.2) is 57.3 Å². The number of fused-ring (bicyclic) bond motifs is 1. The molecule has 8 nitrogen and oxygen atoms in total. The third kappa shape index (κ3) is 3.22. The van der Waals surface area contributed by atoms with Crippen LogP contribution in [0.1, 0.15) is 5.56 Å². The highest BCUT2D eigenvalue weighted by molar-refractivity contribution is 5.71. The summed E-state index contributed by atoms with van der Waals surface area (Å²) in [5.74, 6) is 0. The van der Waals surface area contributed by atoms with E-state index < -0.39 is 0 Å². The highest BCUT2D eigenvalue weighted by atomic mass is 16.5. The maximum absolute atomic E-state index is 12.3. The maximum atomic E-state index is 12.3. The SMILES string of the molecule is N#Cc1ccc(-c2cnc3[nH]c(=O)n(CCN4CCOCC4)c3n2)cc1. The lowest BCUT2D eigenvalue weighted by atomic mass is 10.1. The summed E-state index contributed by atoms with van der Waals surface area (Å²) < 4.78 is 6.98. The largest absolute Gasteiger partial charge is 0.379 e. The Labute approximate surface area is 149 Å². The number of nitrogens with one attached hydrogen (secondary N) is 1. The van der Waals surface area contributed by atoms with Gasteiger partial charge in [-0.05, 0) is 12.1 Å². The Morgan fingerprint density at radius 3 is 2.69 bits per heavy atom. The molecule has 0 aliphatic carbocycles. The number of nitrogens with zero attached hydrogens (tertiary/aromatic N) is 5. The molecule has 0 unspecified atom stereocenters. The first-order valence-electron chi connectivity index (χ1n) is 8.51. The van der Waals surface area contributed by atoms with E-state index in [9.17, 15) is 4.79 Å². The molecule has 0 bridgehead atoms. The Hall–Kier alpha value is -3.02. The van der Waals surface area contributed by atoms with Crippen LogP contribution < -0.4 is 5.69 Å². The minimum absolute atomic E-state index is 0.203. The van der Waals surface area contributed by atoms with Gasteiger partial charge in [-0.1, -0.05) is 12.1 Å². The fraction of sp³-hybridized carbons (Fsp3) is 0.333. The standard InChI is InChI=1S/C18H18N6O2/c19-11-13-1-3-14(4-2-13)15-12-20-16-17(21-15)24(18(25)22-16)6-5-23-7-9-26-10-8-23/h1-4,12H,5-10H2,(H,20,22,25). The van der Waals surface area contributed by atoms with Crippen LogP contribution in [-0.2, 0) is 11.3 Å². The Bertz CT molecular complexity index is 1010. The molecule has 4 rings (SSSR count). The van der Waals surface area contributed by atoms with Crippen molar-refractivity contribution in [1.29, 1.82) is 5.26 Å². The van der Waals surface area contributed by atoms with Crippen molar-refractivity contribution in [3.8, 4) is 17.3 Å². The second-order valence-corrected chi connectivity index (χ2v) is 6.15. The molecule has 3 heterocycles. The monoisotopic (exact) mass is 350 g/mol. The zero-order chi connectivity index (χ0) is 17.9. The van der Waals surface area contributed by atoms with E-state index in [1.54, 1.807) is 22.9 Å². The molecule has 1 fully saturated rings. The number of hydrogen-bond donors (Lipinski definition) is 1. The molecule has 0 saturated carbocycles. The summed E-state index contributed by atoms with van der Waals surface area (Å²) in [5.41, 5.74) is 2.93. The second-order valence-electron chi connectivity index (χ2n) is 6.15. The number of H-pyrrole nitrogens is 1. The number of ether oxygens (including phenoxy) is 1. The molecule has 2 aromatic heterocycles. The van der Waals surface area contributed by atoms with Crippen molar-refractivity contribution in [3.63, 3.8) is 0 Å². The number of hydrogen-bond acceptors (Lipinski definition) is 6. The summed E-state index contributed by atoms with van der Waals surface area (Å²) in [6.07, 6.45) is 1.63. The van der Waals surface area contributed by atoms with Gasteiger partial charge in [0, 0.05) is 31.7 Å². The van der Waals surface area contributed by atoms with E-state index in [4.69, 9.17) is 10.00 Å². The van der Waals surface area contributed by atoms with Gasteiger partial charge in [0.1, 0.15) is 0 Å². The molecular formula is C18H18N6O2. The van der Waals surface area contributed by atoms with Crippen molar-refractivity contribution in [2.45, 2.75) is 6.54 Å². The zero-order valence-electron chi connectivity index (χ0n) is 14.2. The van der Waals surface area contributed by atoms with Gasteiger partial charge in [0.15, 0.2) is 11.3 Å². The molecule has 0 amide bonds. The van der Waals surface area contributed by atoms with E-state index in [2.05, 4.69) is 25.9 Å². The Balaban J connectivity index is 1.63. The molecule has 3 aromatic rings. The van der Waals surface area contributed by atoms with E-state index in [-0.39, 0.29) is 5.69 Å². The van der Waals surface area contributed by atoms with Crippen LogP contribution in [0.2, 0.25) is 0 Å². The van der Waals surface area contributed by atoms with Crippen LogP contribution in [0.25, 0.3) is 22.6 Å². The van der Waals surface area contributed by atoms with E-state index in [1.165, 1.54) is 0 Å². The molecule has 0 radical (unpaired) electrons. The van der Waals surface area contributed by atoms with Crippen LogP contribution in [0, 0.1) is 11.3 Å². The summed E-state index contributed by atoms with van der Waals surface area (Å²) in [4.78, 5) is 26.3. The molecule has 132 valence electrons. The van der Waals surface area contributed by atoms with Crippen LogP contribution in [0.3, 0.4) is 0 Å². The molecular weight excluding hydrogens is 332 g/mol. The number of nitriles is 1. The highest BCUT2D eigenvalue weighted by Crippen LogP contribution is 2.18. The van der Waals surface area contributed by atoms with E-state index in [1.807, 2.05) is 12.1 Å². The van der Waals surface area contributed by atoms with Crippen LogP contribution in [0.4, 0.5) is 0 Å². The lowest BCUT2D eigenvalue weighted by Gasteiger charge is -2.26. The molecule has 1 N–H and O–H groups in total. The maximum Gasteiger partial charge on any atom is 0.328 e. The van der Waals surface area contributed by atoms with Crippen molar-refractivity contribution in [2.24, 2.45) is 0 Å². The molecule has 1 saturated heterocycles. The predicted octanol–water partition coefficient (Wildman–Crippen LogP) is 0.990. The van der Waals surface area contributed by atoms with Crippen molar-refractivity contribution >= 4 is 11.3 Å². The normalized spacial score (nSPS) is 15.2. The van der Waals surface area contributed by atoms with Gasteiger partial charge in [-0.3, -0.25) is 14.5 Å². The Morgan fingerprint density at radius 1 is 1.19 bits per heavy atom. The van der Waals surface area contributed by atoms with E-state index in [0.717, 1.165) is 38.4 Å². The smallest absolute Gasteiger partial charge is 0.328 e. The zero-order valence-corrected chi connectivity index (χ0v) is 14.2. The fourth-order valence-corrected chi connectivity index (χ4v) is 3.05. The highest BCUT2D eigenvalue weighted by Gasteiger charge is 2.14. The Morgan fingerprint density at radius 2 is 1.96 bits per heavy atom. The van der Waals surface area contributed by atoms with E-state index in [0.29, 0.717) is 29.1 Å². The van der Waals surface area contributed by atoms with Gasteiger partial charge in [0.2, 0.25) is 0 Å². The first kappa shape index (κ1) is 16.4. The van der Waals surface area contributed by atoms with E-state index >= 15 is 0 Å². The molecule has 1 aromatic carbocycles. The van der Waals surface area contributed by atoms with Gasteiger partial charge in [-0.2, -0.15) is 5.26 Å². The van der Waals surface area contributed by atoms with Gasteiger partial charge < -0.3 is 4.74 Å². The van der Waals surface area contributed by atoms with Gasteiger partial charge in [-0.15, -0.1) is 0 Å². The summed E-state index contributed by atoms with van der Waals surface area (Å²) >= 11 is 0. The minimum atomic E-state index is -0.203. The summed E-state index contributed by atoms with van der Waals surface area (Å²) in [6.45, 7) is 4.51. The number of morpholine rings is 1. The average molecular weight is 350 g/mol. The van der Waals surface area contributed by atoms with Crippen LogP contribution in [0.15, 0.2) is 35.3 Å². The van der Waals surface area contributed by atoms with Gasteiger partial charge in [0.25, 0.3) is 0 Å². The molecule has 1 aliphatic rings. The van der Waals surface area contributed by atoms with Gasteiger partial charge >= 0.3 is 5.69 Å². The first-order valence-corrected chi connectivity index (χ1v) is 8.51. The predicted molar refractivity (Wildman–Crippen MR) is 95.6 cm³/mol. The van der Waals surface area contributed by atoms with Crippen molar-refractivity contribution in [3.05, 3.63) is 46.5 Å². The van der Waals surface area contributed by atoms with Gasteiger partial charge in [0.05, 0.1) is 36.7 Å². The lowest BCUT2D eigenvalue weighted by molar-refractivity contribution is 0.0364. The van der Waals surface area contributed by atoms with Crippen LogP contribution >= 0.6 is 0 Å². The number of aromatic nitrogens is 4. The third-order valence-corrected chi connectivity index (χ3v) is 4.53. The minimum Gasteiger partial charge on any atom is -0.379 e. The molecule has 8 heteroatoms. The van der Waals surface area contributed by atoms with Crippen molar-refractivity contribution in [1.82, 2.24) is 24.4 Å². The number of aromatic amines is 1. The molecule has 0 spiro atoms. The number of imidazole rings is 1. The lowest BCUT2D eigenvalue weighted by Crippen LogP contribution is -2.39. The third-order valence-electron chi connectivity index (χ3n) is 4.53. The number of rotatable bonds is 4. The van der Waals surface area contributed by atoms with Crippen molar-refractivity contribution < 1.29 is 4.74 Å². The van der Waals surface area contributed by atoms with Crippen molar-refractivity contribution in [2.75, 3.05) is 32.8 Å². The first-order chi connectivity index (χ1) is 12.7. The number of benzene rings is 1. The Kier molecular flexibility index (Phi) is 4.48. The fourth-order valence-electron chi connectivity index (χ4n) is 3.05. The van der Waals surface area contributed by atoms with Gasteiger partial charge in [-0.25, -0.2) is 14.8 Å². The quantitative estimate of drug-likeness (QED) is 0.753. The summed E-state index contributed by atoms with van der Waals surface area (Å²) in [5, 5.41) is 8.91. The van der Waals surface area contributed by atoms with Crippen LogP contribution in [0.5, 0.6) is 0 Å².